The number of nitrogens with one attached hydrogen (secondary N) is 1. The Balaban J connectivity index is 2.40. The van der Waals surface area contributed by atoms with Gasteiger partial charge in [0.1, 0.15) is 17.4 Å². The van der Waals surface area contributed by atoms with Crippen molar-refractivity contribution in [1.29, 1.82) is 0 Å². The van der Waals surface area contributed by atoms with Crippen LogP contribution in [0.5, 0.6) is 5.88 Å². The van der Waals surface area contributed by atoms with Crippen molar-refractivity contribution >= 4 is 23.5 Å². The molecule has 0 fully saturated rings. The van der Waals surface area contributed by atoms with Crippen molar-refractivity contribution in [2.45, 2.75) is 26.1 Å². The van der Waals surface area contributed by atoms with E-state index in [1.165, 1.54) is 24.3 Å². The fourth-order valence-corrected chi connectivity index (χ4v) is 2.39. The van der Waals surface area contributed by atoms with Crippen molar-refractivity contribution < 1.29 is 32.6 Å². The van der Waals surface area contributed by atoms with Crippen LogP contribution in [0.4, 0.5) is 13.2 Å². The maximum Gasteiger partial charge on any atom is 0.422 e. The summed E-state index contributed by atoms with van der Waals surface area (Å²) in [4.78, 5) is 31.5. The summed E-state index contributed by atoms with van der Waals surface area (Å²) in [6, 6.07) is 4.74. The molecule has 0 bridgehead atoms. The summed E-state index contributed by atoms with van der Waals surface area (Å²) >= 11 is 5.82. The molecule has 1 amide bonds. The van der Waals surface area contributed by atoms with Crippen molar-refractivity contribution in [3.8, 4) is 17.1 Å². The molecule has 29 heavy (non-hydrogen) atoms. The van der Waals surface area contributed by atoms with E-state index in [0.717, 1.165) is 6.20 Å². The molecule has 1 atom stereocenters. The van der Waals surface area contributed by atoms with Crippen LogP contribution in [0.3, 0.4) is 0 Å². The average molecular weight is 432 g/mol. The molecular weight excluding hydrogens is 415 g/mol. The Morgan fingerprint density at radius 3 is 2.38 bits per heavy atom. The Bertz CT molecular complexity index is 889. The predicted octanol–water partition coefficient (Wildman–Crippen LogP) is 3.58. The van der Waals surface area contributed by atoms with Crippen LogP contribution >= 0.6 is 11.6 Å². The summed E-state index contributed by atoms with van der Waals surface area (Å²) in [6.45, 7) is 1.62. The lowest BCUT2D eigenvalue weighted by Crippen LogP contribution is -2.44. The monoisotopic (exact) mass is 431 g/mol. The number of alkyl halides is 3. The Labute approximate surface area is 168 Å². The van der Waals surface area contributed by atoms with Gasteiger partial charge in [-0.1, -0.05) is 37.6 Å². The minimum Gasteiger partial charge on any atom is -0.480 e. The van der Waals surface area contributed by atoms with E-state index in [4.69, 9.17) is 16.3 Å². The van der Waals surface area contributed by atoms with Crippen LogP contribution in [0, 0.1) is 5.92 Å². The third-order valence-electron chi connectivity index (χ3n) is 3.68. The summed E-state index contributed by atoms with van der Waals surface area (Å²) in [7, 11) is 0. The number of amides is 1. The van der Waals surface area contributed by atoms with E-state index in [0.29, 0.717) is 10.6 Å². The number of carboxylic acids is 1. The van der Waals surface area contributed by atoms with Crippen LogP contribution in [-0.2, 0) is 4.79 Å². The molecule has 11 heteroatoms. The number of carboxylic acid groups (broad SMARTS) is 1. The fourth-order valence-electron chi connectivity index (χ4n) is 2.27. The lowest BCUT2D eigenvalue weighted by atomic mass is 10.0. The van der Waals surface area contributed by atoms with Gasteiger partial charge >= 0.3 is 12.1 Å². The summed E-state index contributed by atoms with van der Waals surface area (Å²) in [6.07, 6.45) is -3.68. The molecule has 0 radical (unpaired) electrons. The third kappa shape index (κ3) is 6.31. The minimum absolute atomic E-state index is 0.116. The number of ether oxygens (including phenoxy) is 1. The largest absolute Gasteiger partial charge is 0.480 e. The molecule has 0 aliphatic rings. The average Bonchev–Trinajstić information content (AvgIpc) is 2.63. The number of nitrogens with zero attached hydrogens (tertiary/aromatic N) is 2. The summed E-state index contributed by atoms with van der Waals surface area (Å²) in [5, 5.41) is 11.9. The van der Waals surface area contributed by atoms with Crippen molar-refractivity contribution in [3.05, 3.63) is 41.2 Å². The first kappa shape index (κ1) is 22.4. The molecule has 156 valence electrons. The normalized spacial score (nSPS) is 12.5. The van der Waals surface area contributed by atoms with Gasteiger partial charge in [0.05, 0.1) is 6.20 Å². The molecule has 7 nitrogen and oxygen atoms in total. The fraction of sp³-hybridized carbons (Fsp3) is 0.333. The molecule has 0 aliphatic carbocycles. The maximum absolute atomic E-state index is 12.5. The molecule has 1 heterocycles. The first-order valence-corrected chi connectivity index (χ1v) is 8.72. The topological polar surface area (TPSA) is 101 Å². The number of aliphatic carboxylic acids is 1. The van der Waals surface area contributed by atoms with Gasteiger partial charge in [-0.3, -0.25) is 4.79 Å². The predicted molar refractivity (Wildman–Crippen MR) is 97.8 cm³/mol. The summed E-state index contributed by atoms with van der Waals surface area (Å²) in [5.74, 6) is -2.91. The molecular formula is C18H17ClF3N3O4. The van der Waals surface area contributed by atoms with Gasteiger partial charge in [0.2, 0.25) is 5.88 Å². The molecule has 0 unspecified atom stereocenters. The summed E-state index contributed by atoms with van der Waals surface area (Å²) in [5.41, 5.74) is -0.0800. The van der Waals surface area contributed by atoms with Crippen molar-refractivity contribution in [1.82, 2.24) is 15.3 Å². The second kappa shape index (κ2) is 9.08. The number of halogens is 4. The van der Waals surface area contributed by atoms with E-state index in [1.54, 1.807) is 13.8 Å². The van der Waals surface area contributed by atoms with E-state index < -0.39 is 42.5 Å². The number of carbonyl (C=O) groups is 2. The molecule has 0 spiro atoms. The van der Waals surface area contributed by atoms with Gasteiger partial charge in [-0.05, 0) is 18.1 Å². The van der Waals surface area contributed by atoms with Crippen LogP contribution in [0.1, 0.15) is 24.3 Å². The zero-order valence-electron chi connectivity index (χ0n) is 15.3. The first-order chi connectivity index (χ1) is 13.5. The molecule has 1 aromatic carbocycles. The van der Waals surface area contributed by atoms with Gasteiger partial charge in [0.15, 0.2) is 6.61 Å². The van der Waals surface area contributed by atoms with Gasteiger partial charge in [0, 0.05) is 10.6 Å². The van der Waals surface area contributed by atoms with E-state index >= 15 is 0 Å². The van der Waals surface area contributed by atoms with Crippen molar-refractivity contribution in [2.75, 3.05) is 6.61 Å². The SMILES string of the molecule is CC(C)[C@@H](NC(=O)c1cnc(OCC(F)(F)F)c(-c2ccc(Cl)cc2)n1)C(=O)O. The molecule has 1 aromatic heterocycles. The van der Waals surface area contributed by atoms with E-state index in [1.807, 2.05) is 0 Å². The number of benzene rings is 1. The number of aromatic nitrogens is 2. The Kier molecular flexibility index (Phi) is 7.02. The number of hydrogen-bond acceptors (Lipinski definition) is 5. The third-order valence-corrected chi connectivity index (χ3v) is 3.93. The standard InChI is InChI=1S/C18H17ClF3N3O4/c1-9(2)13(17(27)28)25-15(26)12-7-23-16(29-8-18(20,21)22)14(24-12)10-3-5-11(19)6-4-10/h3-7,9,13H,8H2,1-2H3,(H,25,26)(H,27,28)/t13-/m1/s1. The second-order valence-electron chi connectivity index (χ2n) is 6.35. The molecule has 2 aromatic rings. The van der Waals surface area contributed by atoms with Gasteiger partial charge in [-0.2, -0.15) is 13.2 Å². The molecule has 0 saturated heterocycles. The number of rotatable bonds is 7. The van der Waals surface area contributed by atoms with Crippen molar-refractivity contribution in [2.24, 2.45) is 5.92 Å². The number of carbonyl (C=O) groups excluding carboxylic acids is 1. The van der Waals surface area contributed by atoms with Crippen LogP contribution < -0.4 is 10.1 Å². The van der Waals surface area contributed by atoms with Crippen LogP contribution in [0.25, 0.3) is 11.3 Å². The quantitative estimate of drug-likeness (QED) is 0.695. The highest BCUT2D eigenvalue weighted by Gasteiger charge is 2.30. The molecule has 2 N–H and O–H groups in total. The zero-order chi connectivity index (χ0) is 21.8. The second-order valence-corrected chi connectivity index (χ2v) is 6.79. The summed E-state index contributed by atoms with van der Waals surface area (Å²) < 4.78 is 42.3. The lowest BCUT2D eigenvalue weighted by Gasteiger charge is -2.18. The molecule has 0 saturated carbocycles. The zero-order valence-corrected chi connectivity index (χ0v) is 16.1. The van der Waals surface area contributed by atoms with E-state index in [2.05, 4.69) is 15.3 Å². The van der Waals surface area contributed by atoms with Crippen LogP contribution in [0.15, 0.2) is 30.5 Å². The molecule has 0 aliphatic heterocycles. The Hall–Kier alpha value is -2.88. The maximum atomic E-state index is 12.5. The van der Waals surface area contributed by atoms with Gasteiger partial charge in [-0.25, -0.2) is 14.8 Å². The highest BCUT2D eigenvalue weighted by molar-refractivity contribution is 6.30. The smallest absolute Gasteiger partial charge is 0.422 e. The van der Waals surface area contributed by atoms with Crippen LogP contribution in [0.2, 0.25) is 5.02 Å². The van der Waals surface area contributed by atoms with Crippen LogP contribution in [-0.4, -0.2) is 45.8 Å². The van der Waals surface area contributed by atoms with Gasteiger partial charge in [-0.15, -0.1) is 0 Å². The van der Waals surface area contributed by atoms with E-state index in [-0.39, 0.29) is 11.4 Å². The van der Waals surface area contributed by atoms with Gasteiger partial charge in [0.25, 0.3) is 5.91 Å². The highest BCUT2D eigenvalue weighted by atomic mass is 35.5. The highest BCUT2D eigenvalue weighted by Crippen LogP contribution is 2.29. The Morgan fingerprint density at radius 2 is 1.86 bits per heavy atom. The minimum atomic E-state index is -4.60. The van der Waals surface area contributed by atoms with Crippen molar-refractivity contribution in [3.63, 3.8) is 0 Å². The van der Waals surface area contributed by atoms with E-state index in [9.17, 15) is 27.9 Å². The van der Waals surface area contributed by atoms with Gasteiger partial charge < -0.3 is 15.2 Å². The number of hydrogen-bond donors (Lipinski definition) is 2. The lowest BCUT2D eigenvalue weighted by molar-refractivity contribution is -0.154. The molecule has 2 rings (SSSR count). The first-order valence-electron chi connectivity index (χ1n) is 8.34. The Morgan fingerprint density at radius 1 is 1.24 bits per heavy atom.